The van der Waals surface area contributed by atoms with Crippen molar-refractivity contribution in [2.45, 2.75) is 25.3 Å². The number of hydrogen-bond donors (Lipinski definition) is 1. The topological polar surface area (TPSA) is 30.0 Å². The number of aliphatic hydroxyl groups excluding tert-OH is 1. The van der Waals surface area contributed by atoms with Gasteiger partial charge in [-0.05, 0) is 52.4 Å². The predicted molar refractivity (Wildman–Crippen MR) is 74.8 cm³/mol. The molecule has 1 N–H and O–H groups in total. The fraction of sp³-hybridized carbons (Fsp3) is 1.00. The Kier molecular flexibility index (Phi) is 5.42. The van der Waals surface area contributed by atoms with Crippen molar-refractivity contribution in [3.63, 3.8) is 0 Å². The van der Waals surface area contributed by atoms with Crippen molar-refractivity contribution in [3.05, 3.63) is 0 Å². The Bertz CT molecular complexity index is 247. The van der Waals surface area contributed by atoms with Crippen LogP contribution in [-0.2, 0) is 0 Å². The lowest BCUT2D eigenvalue weighted by atomic mass is 10.0. The van der Waals surface area contributed by atoms with E-state index >= 15 is 0 Å². The Morgan fingerprint density at radius 1 is 1.17 bits per heavy atom. The van der Waals surface area contributed by atoms with Gasteiger partial charge in [-0.15, -0.1) is 0 Å². The normalized spacial score (nSPS) is 31.3. The molecule has 2 fully saturated rings. The van der Waals surface area contributed by atoms with Crippen molar-refractivity contribution in [3.8, 4) is 0 Å². The van der Waals surface area contributed by atoms with E-state index in [1.807, 2.05) is 0 Å². The third-order valence-corrected chi connectivity index (χ3v) is 4.44. The van der Waals surface area contributed by atoms with E-state index in [0.717, 1.165) is 19.1 Å². The van der Waals surface area contributed by atoms with E-state index in [-0.39, 0.29) is 0 Å². The molecule has 0 aromatic heterocycles. The molecule has 0 spiro atoms. The molecule has 2 unspecified atom stereocenters. The van der Waals surface area contributed by atoms with E-state index in [9.17, 15) is 5.11 Å². The van der Waals surface area contributed by atoms with Gasteiger partial charge >= 0.3 is 0 Å². The molecule has 2 atom stereocenters. The summed E-state index contributed by atoms with van der Waals surface area (Å²) in [4.78, 5) is 7.49. The lowest BCUT2D eigenvalue weighted by Crippen LogP contribution is -2.48. The third-order valence-electron chi connectivity index (χ3n) is 4.44. The second-order valence-electron chi connectivity index (χ2n) is 6.23. The Balaban J connectivity index is 1.76. The first-order valence-electron chi connectivity index (χ1n) is 7.41. The van der Waals surface area contributed by atoms with Gasteiger partial charge in [0.05, 0.1) is 0 Å². The van der Waals surface area contributed by atoms with E-state index in [0.29, 0.717) is 12.5 Å². The molecule has 0 saturated carbocycles. The molecule has 4 heteroatoms. The van der Waals surface area contributed by atoms with Gasteiger partial charge in [0.25, 0.3) is 0 Å². The summed E-state index contributed by atoms with van der Waals surface area (Å²) in [5.74, 6) is 0.530. The van der Waals surface area contributed by atoms with Crippen LogP contribution in [0.4, 0.5) is 0 Å². The highest BCUT2D eigenvalue weighted by molar-refractivity contribution is 4.86. The average Bonchev–Trinajstić information content (AvgIpc) is 2.85. The first-order chi connectivity index (χ1) is 8.69. The van der Waals surface area contributed by atoms with Gasteiger partial charge in [0, 0.05) is 38.8 Å². The summed E-state index contributed by atoms with van der Waals surface area (Å²) < 4.78 is 0. The zero-order valence-corrected chi connectivity index (χ0v) is 12.0. The van der Waals surface area contributed by atoms with Crippen LogP contribution in [0.2, 0.25) is 0 Å². The summed E-state index contributed by atoms with van der Waals surface area (Å²) in [5, 5.41) is 9.24. The molecular formula is C14H29N3O. The van der Waals surface area contributed by atoms with Gasteiger partial charge in [-0.1, -0.05) is 0 Å². The number of nitrogens with zero attached hydrogens (tertiary/aromatic N) is 3. The van der Waals surface area contributed by atoms with Crippen LogP contribution in [0.25, 0.3) is 0 Å². The summed E-state index contributed by atoms with van der Waals surface area (Å²) in [6, 6.07) is 0.734. The average molecular weight is 255 g/mol. The SMILES string of the molecule is CN(C)CCN1CCCC(N2CCC(CO)C2)C1. The van der Waals surface area contributed by atoms with Crippen LogP contribution in [0.1, 0.15) is 19.3 Å². The zero-order chi connectivity index (χ0) is 13.0. The van der Waals surface area contributed by atoms with E-state index in [2.05, 4.69) is 28.8 Å². The number of hydrogen-bond acceptors (Lipinski definition) is 4. The molecule has 0 aliphatic carbocycles. The summed E-state index contributed by atoms with van der Waals surface area (Å²) in [7, 11) is 4.29. The molecule has 2 heterocycles. The van der Waals surface area contributed by atoms with Gasteiger partial charge in [-0.2, -0.15) is 0 Å². The van der Waals surface area contributed by atoms with Crippen LogP contribution in [0.3, 0.4) is 0 Å². The maximum Gasteiger partial charge on any atom is 0.0471 e. The molecule has 0 bridgehead atoms. The van der Waals surface area contributed by atoms with E-state index < -0.39 is 0 Å². The van der Waals surface area contributed by atoms with Crippen molar-refractivity contribution in [1.82, 2.24) is 14.7 Å². The Morgan fingerprint density at radius 2 is 2.00 bits per heavy atom. The molecular weight excluding hydrogens is 226 g/mol. The smallest absolute Gasteiger partial charge is 0.0471 e. The lowest BCUT2D eigenvalue weighted by Gasteiger charge is -2.38. The fourth-order valence-electron chi connectivity index (χ4n) is 3.22. The lowest BCUT2D eigenvalue weighted by molar-refractivity contribution is 0.104. The van der Waals surface area contributed by atoms with Gasteiger partial charge in [0.15, 0.2) is 0 Å². The van der Waals surface area contributed by atoms with Crippen molar-refractivity contribution in [2.24, 2.45) is 5.92 Å². The monoisotopic (exact) mass is 255 g/mol. The van der Waals surface area contributed by atoms with Gasteiger partial charge in [0.2, 0.25) is 0 Å². The molecule has 2 saturated heterocycles. The van der Waals surface area contributed by atoms with Crippen LogP contribution < -0.4 is 0 Å². The quantitative estimate of drug-likeness (QED) is 0.767. The van der Waals surface area contributed by atoms with Gasteiger partial charge in [0.1, 0.15) is 0 Å². The molecule has 0 aromatic rings. The first kappa shape index (κ1) is 14.3. The second-order valence-corrected chi connectivity index (χ2v) is 6.23. The highest BCUT2D eigenvalue weighted by Crippen LogP contribution is 2.23. The summed E-state index contributed by atoms with van der Waals surface area (Å²) in [5.41, 5.74) is 0. The molecule has 4 nitrogen and oxygen atoms in total. The molecule has 106 valence electrons. The van der Waals surface area contributed by atoms with E-state index in [1.54, 1.807) is 0 Å². The van der Waals surface area contributed by atoms with Crippen molar-refractivity contribution < 1.29 is 5.11 Å². The Morgan fingerprint density at radius 3 is 2.67 bits per heavy atom. The van der Waals surface area contributed by atoms with Crippen LogP contribution in [0, 0.1) is 5.92 Å². The Hall–Kier alpha value is -0.160. The molecule has 18 heavy (non-hydrogen) atoms. The minimum absolute atomic E-state index is 0.369. The predicted octanol–water partition coefficient (Wildman–Crippen LogP) is 0.327. The highest BCUT2D eigenvalue weighted by atomic mass is 16.3. The summed E-state index contributed by atoms with van der Waals surface area (Å²) in [6.45, 7) is 7.52. The molecule has 2 aliphatic rings. The molecule has 2 rings (SSSR count). The van der Waals surface area contributed by atoms with Gasteiger partial charge in [-0.3, -0.25) is 4.90 Å². The molecule has 0 amide bonds. The van der Waals surface area contributed by atoms with Crippen molar-refractivity contribution in [1.29, 1.82) is 0 Å². The number of likely N-dealkylation sites (N-methyl/N-ethyl adjacent to an activating group) is 1. The van der Waals surface area contributed by atoms with E-state index in [4.69, 9.17) is 0 Å². The minimum Gasteiger partial charge on any atom is -0.396 e. The van der Waals surface area contributed by atoms with Gasteiger partial charge in [-0.25, -0.2) is 0 Å². The molecule has 2 aliphatic heterocycles. The fourth-order valence-corrected chi connectivity index (χ4v) is 3.22. The third kappa shape index (κ3) is 3.92. The van der Waals surface area contributed by atoms with Crippen LogP contribution in [0.5, 0.6) is 0 Å². The highest BCUT2D eigenvalue weighted by Gasteiger charge is 2.30. The van der Waals surface area contributed by atoms with Crippen molar-refractivity contribution >= 4 is 0 Å². The largest absolute Gasteiger partial charge is 0.396 e. The van der Waals surface area contributed by atoms with E-state index in [1.165, 1.54) is 45.4 Å². The van der Waals surface area contributed by atoms with Gasteiger partial charge < -0.3 is 14.9 Å². The number of likely N-dealkylation sites (tertiary alicyclic amines) is 2. The maximum atomic E-state index is 9.24. The summed E-state index contributed by atoms with van der Waals surface area (Å²) in [6.07, 6.45) is 3.86. The van der Waals surface area contributed by atoms with Crippen LogP contribution in [-0.4, -0.2) is 85.8 Å². The van der Waals surface area contributed by atoms with Crippen LogP contribution >= 0.6 is 0 Å². The zero-order valence-electron chi connectivity index (χ0n) is 12.0. The van der Waals surface area contributed by atoms with Crippen molar-refractivity contribution in [2.75, 3.05) is 60.0 Å². The molecule has 0 aromatic carbocycles. The Labute approximate surface area is 112 Å². The number of piperidine rings is 1. The number of rotatable bonds is 5. The maximum absolute atomic E-state index is 9.24. The van der Waals surface area contributed by atoms with Crippen LogP contribution in [0.15, 0.2) is 0 Å². The minimum atomic E-state index is 0.369. The molecule has 0 radical (unpaired) electrons. The standard InChI is InChI=1S/C14H29N3O/c1-15(2)8-9-16-6-3-4-14(11-16)17-7-5-13(10-17)12-18/h13-14,18H,3-12H2,1-2H3. The summed E-state index contributed by atoms with van der Waals surface area (Å²) >= 11 is 0. The first-order valence-corrected chi connectivity index (χ1v) is 7.41. The second kappa shape index (κ2) is 6.85. The number of aliphatic hydroxyl groups is 1.